The number of likely N-dealkylation sites (tertiary alicyclic amines) is 1. The number of carbonyl (C=O) groups excluding carboxylic acids is 1. The fraction of sp³-hybridized carbons (Fsp3) is 0.615. The van der Waals surface area contributed by atoms with E-state index < -0.39 is 11.4 Å². The molecule has 21 heavy (non-hydrogen) atoms. The lowest BCUT2D eigenvalue weighted by atomic mass is 10.4. The highest BCUT2D eigenvalue weighted by molar-refractivity contribution is 8.00. The molecule has 2 rings (SSSR count). The van der Waals surface area contributed by atoms with Crippen molar-refractivity contribution in [1.82, 2.24) is 10.2 Å². The molecule has 1 N–H and O–H groups in total. The number of nitrogens with one attached hydrogen (secondary N) is 1. The maximum atomic E-state index is 11.9. The SMILES string of the molecule is O=C(NCCSC(F)(F)F)c1ccc(CN2CCCC2)o1. The average Bonchev–Trinajstić information content (AvgIpc) is 3.05. The molecule has 2 heterocycles. The number of nitrogens with zero attached hydrogens (tertiary/aromatic N) is 1. The zero-order valence-electron chi connectivity index (χ0n) is 11.4. The van der Waals surface area contributed by atoms with Crippen molar-refractivity contribution in [2.24, 2.45) is 0 Å². The van der Waals surface area contributed by atoms with Gasteiger partial charge in [0.25, 0.3) is 5.91 Å². The predicted molar refractivity (Wildman–Crippen MR) is 74.1 cm³/mol. The van der Waals surface area contributed by atoms with Crippen LogP contribution in [0.1, 0.15) is 29.2 Å². The van der Waals surface area contributed by atoms with Gasteiger partial charge in [0.05, 0.1) is 6.54 Å². The molecule has 8 heteroatoms. The van der Waals surface area contributed by atoms with Gasteiger partial charge in [0, 0.05) is 12.3 Å². The Hall–Kier alpha value is -1.15. The summed E-state index contributed by atoms with van der Waals surface area (Å²) in [4.78, 5) is 13.9. The summed E-state index contributed by atoms with van der Waals surface area (Å²) in [5, 5.41) is 2.41. The van der Waals surface area contributed by atoms with E-state index in [0.717, 1.165) is 13.1 Å². The minimum Gasteiger partial charge on any atom is -0.455 e. The first-order valence-corrected chi connectivity index (χ1v) is 7.72. The molecular weight excluding hydrogens is 305 g/mol. The van der Waals surface area contributed by atoms with Crippen LogP contribution >= 0.6 is 11.8 Å². The lowest BCUT2D eigenvalue weighted by Crippen LogP contribution is -2.26. The first-order chi connectivity index (χ1) is 9.94. The summed E-state index contributed by atoms with van der Waals surface area (Å²) in [7, 11) is 0. The van der Waals surface area contributed by atoms with E-state index in [-0.39, 0.29) is 29.8 Å². The molecule has 1 aliphatic rings. The summed E-state index contributed by atoms with van der Waals surface area (Å²) in [5.74, 6) is 0.148. The van der Waals surface area contributed by atoms with E-state index in [1.807, 2.05) is 0 Å². The van der Waals surface area contributed by atoms with Gasteiger partial charge in [0.2, 0.25) is 0 Å². The quantitative estimate of drug-likeness (QED) is 0.818. The molecule has 0 radical (unpaired) electrons. The number of thioether (sulfide) groups is 1. The van der Waals surface area contributed by atoms with E-state index in [4.69, 9.17) is 4.42 Å². The lowest BCUT2D eigenvalue weighted by molar-refractivity contribution is -0.0327. The normalized spacial score (nSPS) is 16.3. The topological polar surface area (TPSA) is 45.5 Å². The van der Waals surface area contributed by atoms with Gasteiger partial charge in [-0.3, -0.25) is 9.69 Å². The summed E-state index contributed by atoms with van der Waals surface area (Å²) in [6.45, 7) is 2.66. The summed E-state index contributed by atoms with van der Waals surface area (Å²) in [6, 6.07) is 3.29. The number of carbonyl (C=O) groups is 1. The highest BCUT2D eigenvalue weighted by atomic mass is 32.2. The lowest BCUT2D eigenvalue weighted by Gasteiger charge is -2.11. The Morgan fingerprint density at radius 3 is 2.71 bits per heavy atom. The van der Waals surface area contributed by atoms with Crippen LogP contribution in [-0.2, 0) is 6.54 Å². The van der Waals surface area contributed by atoms with E-state index in [2.05, 4.69) is 10.2 Å². The van der Waals surface area contributed by atoms with Gasteiger partial charge >= 0.3 is 5.51 Å². The van der Waals surface area contributed by atoms with Crippen LogP contribution in [0.25, 0.3) is 0 Å². The van der Waals surface area contributed by atoms with E-state index in [1.54, 1.807) is 12.1 Å². The first-order valence-electron chi connectivity index (χ1n) is 6.74. The Balaban J connectivity index is 1.73. The maximum absolute atomic E-state index is 11.9. The fourth-order valence-corrected chi connectivity index (χ4v) is 2.60. The molecule has 4 nitrogen and oxygen atoms in total. The number of amides is 1. The Kier molecular flexibility index (Phi) is 5.58. The zero-order valence-corrected chi connectivity index (χ0v) is 12.2. The molecule has 1 aromatic heterocycles. The number of furan rings is 1. The van der Waals surface area contributed by atoms with E-state index in [9.17, 15) is 18.0 Å². The van der Waals surface area contributed by atoms with Crippen molar-refractivity contribution in [3.05, 3.63) is 23.7 Å². The van der Waals surface area contributed by atoms with Crippen molar-refractivity contribution in [3.63, 3.8) is 0 Å². The number of alkyl halides is 3. The van der Waals surface area contributed by atoms with Crippen LogP contribution in [0.2, 0.25) is 0 Å². The Morgan fingerprint density at radius 1 is 1.33 bits per heavy atom. The summed E-state index contributed by atoms with van der Waals surface area (Å²) in [5.41, 5.74) is -4.27. The minimum absolute atomic E-state index is 0.0504. The highest BCUT2D eigenvalue weighted by Gasteiger charge is 2.27. The second kappa shape index (κ2) is 7.22. The molecule has 1 fully saturated rings. The van der Waals surface area contributed by atoms with Crippen LogP contribution in [0.3, 0.4) is 0 Å². The van der Waals surface area contributed by atoms with Gasteiger partial charge in [0.1, 0.15) is 5.76 Å². The number of halogens is 3. The van der Waals surface area contributed by atoms with Crippen molar-refractivity contribution in [2.75, 3.05) is 25.4 Å². The molecule has 0 saturated carbocycles. The molecule has 0 spiro atoms. The van der Waals surface area contributed by atoms with Crippen molar-refractivity contribution in [3.8, 4) is 0 Å². The van der Waals surface area contributed by atoms with Crippen molar-refractivity contribution in [1.29, 1.82) is 0 Å². The van der Waals surface area contributed by atoms with Crippen molar-refractivity contribution in [2.45, 2.75) is 24.9 Å². The number of rotatable bonds is 6. The third-order valence-corrected chi connectivity index (χ3v) is 3.85. The van der Waals surface area contributed by atoms with Gasteiger partial charge in [-0.1, -0.05) is 0 Å². The van der Waals surface area contributed by atoms with Gasteiger partial charge in [-0.15, -0.1) is 0 Å². The monoisotopic (exact) mass is 322 g/mol. The van der Waals surface area contributed by atoms with Gasteiger partial charge in [-0.05, 0) is 49.8 Å². The summed E-state index contributed by atoms with van der Waals surface area (Å²) in [6.07, 6.45) is 2.34. The molecule has 0 bridgehead atoms. The maximum Gasteiger partial charge on any atom is 0.441 e. The van der Waals surface area contributed by atoms with Crippen molar-refractivity contribution >= 4 is 17.7 Å². The van der Waals surface area contributed by atoms with Crippen molar-refractivity contribution < 1.29 is 22.4 Å². The van der Waals surface area contributed by atoms with Crippen LogP contribution in [-0.4, -0.2) is 41.7 Å². The molecule has 0 aliphatic carbocycles. The summed E-state index contributed by atoms with van der Waals surface area (Å²) >= 11 is -0.155. The molecule has 0 atom stereocenters. The van der Waals surface area contributed by atoms with E-state index in [1.165, 1.54) is 12.8 Å². The summed E-state index contributed by atoms with van der Waals surface area (Å²) < 4.78 is 41.2. The van der Waals surface area contributed by atoms with Crippen LogP contribution < -0.4 is 5.32 Å². The molecule has 118 valence electrons. The highest BCUT2D eigenvalue weighted by Crippen LogP contribution is 2.29. The predicted octanol–water partition coefficient (Wildman–Crippen LogP) is 2.86. The van der Waals surface area contributed by atoms with Crippen LogP contribution in [0.15, 0.2) is 16.5 Å². The van der Waals surface area contributed by atoms with E-state index in [0.29, 0.717) is 12.3 Å². The standard InChI is InChI=1S/C13H17F3N2O2S/c14-13(15,16)21-8-5-17-12(19)11-4-3-10(20-11)9-18-6-1-2-7-18/h3-4H,1-2,5-9H2,(H,17,19). The number of hydrogen-bond acceptors (Lipinski definition) is 4. The third-order valence-electron chi connectivity index (χ3n) is 3.12. The molecule has 0 aromatic carbocycles. The van der Waals surface area contributed by atoms with Gasteiger partial charge in [0.15, 0.2) is 5.76 Å². The van der Waals surface area contributed by atoms with Gasteiger partial charge in [-0.2, -0.15) is 13.2 Å². The average molecular weight is 322 g/mol. The molecule has 1 saturated heterocycles. The zero-order chi connectivity index (χ0) is 15.3. The Labute approximate surface area is 125 Å². The molecule has 1 aliphatic heterocycles. The van der Waals surface area contributed by atoms with Gasteiger partial charge < -0.3 is 9.73 Å². The molecular formula is C13H17F3N2O2S. The molecule has 1 amide bonds. The Morgan fingerprint density at radius 2 is 2.05 bits per heavy atom. The van der Waals surface area contributed by atoms with Crippen LogP contribution in [0.5, 0.6) is 0 Å². The first kappa shape index (κ1) is 16.2. The Bertz CT molecular complexity index is 470. The minimum atomic E-state index is -4.27. The second-order valence-electron chi connectivity index (χ2n) is 4.80. The molecule has 1 aromatic rings. The smallest absolute Gasteiger partial charge is 0.441 e. The van der Waals surface area contributed by atoms with E-state index >= 15 is 0 Å². The largest absolute Gasteiger partial charge is 0.455 e. The van der Waals surface area contributed by atoms with Gasteiger partial charge in [-0.25, -0.2) is 0 Å². The third kappa shape index (κ3) is 5.62. The van der Waals surface area contributed by atoms with Crippen LogP contribution in [0.4, 0.5) is 13.2 Å². The van der Waals surface area contributed by atoms with Crippen LogP contribution in [0, 0.1) is 0 Å². The fourth-order valence-electron chi connectivity index (χ4n) is 2.16. The number of hydrogen-bond donors (Lipinski definition) is 1. The molecule has 0 unspecified atom stereocenters. The second-order valence-corrected chi connectivity index (χ2v) is 5.96.